The summed E-state index contributed by atoms with van der Waals surface area (Å²) in [6.07, 6.45) is 5.99. The van der Waals surface area contributed by atoms with Crippen LogP contribution in [0.1, 0.15) is 64.8 Å². The Balaban J connectivity index is 1.31. The summed E-state index contributed by atoms with van der Waals surface area (Å²) in [6.45, 7) is 1.39. The van der Waals surface area contributed by atoms with E-state index in [0.29, 0.717) is 29.8 Å². The van der Waals surface area contributed by atoms with Gasteiger partial charge in [-0.05, 0) is 61.2 Å². The summed E-state index contributed by atoms with van der Waals surface area (Å²) in [5, 5.41) is 5.93. The van der Waals surface area contributed by atoms with E-state index >= 15 is 0 Å². The SMILES string of the molecule is O=C(Nc1ccc(C(=O)NC2CCCC2)cc1)c1ccc(CN2CCCC2=O)cc1. The number of nitrogens with one attached hydrogen (secondary N) is 2. The molecule has 156 valence electrons. The highest BCUT2D eigenvalue weighted by Crippen LogP contribution is 2.19. The van der Waals surface area contributed by atoms with Gasteiger partial charge < -0.3 is 15.5 Å². The number of anilines is 1. The fourth-order valence-electron chi connectivity index (χ4n) is 4.10. The molecule has 3 amide bonds. The molecule has 2 N–H and O–H groups in total. The van der Waals surface area contributed by atoms with Crippen LogP contribution in [0.3, 0.4) is 0 Å². The van der Waals surface area contributed by atoms with E-state index in [1.807, 2.05) is 17.0 Å². The third-order valence-corrected chi connectivity index (χ3v) is 5.86. The van der Waals surface area contributed by atoms with Gasteiger partial charge >= 0.3 is 0 Å². The van der Waals surface area contributed by atoms with Crippen molar-refractivity contribution in [1.82, 2.24) is 10.2 Å². The quantitative estimate of drug-likeness (QED) is 0.769. The standard InChI is InChI=1S/C24H27N3O3/c28-22-6-3-15-27(22)16-17-7-9-18(10-8-17)23(29)26-21-13-11-19(12-14-21)24(30)25-20-4-1-2-5-20/h7-14,20H,1-6,15-16H2,(H,25,30)(H,26,29). The Bertz CT molecular complexity index is 916. The normalized spacial score (nSPS) is 16.7. The molecule has 30 heavy (non-hydrogen) atoms. The Morgan fingerprint density at radius 2 is 1.50 bits per heavy atom. The number of hydrogen-bond donors (Lipinski definition) is 2. The van der Waals surface area contributed by atoms with Crippen LogP contribution in [-0.4, -0.2) is 35.2 Å². The molecule has 1 saturated heterocycles. The number of hydrogen-bond acceptors (Lipinski definition) is 3. The molecule has 0 atom stereocenters. The van der Waals surface area contributed by atoms with Gasteiger partial charge in [0.25, 0.3) is 11.8 Å². The summed E-state index contributed by atoms with van der Waals surface area (Å²) in [5.74, 6) is -0.0778. The molecule has 0 spiro atoms. The molecule has 4 rings (SSSR count). The van der Waals surface area contributed by atoms with Gasteiger partial charge in [-0.15, -0.1) is 0 Å². The molecule has 1 aliphatic carbocycles. The fourth-order valence-corrected chi connectivity index (χ4v) is 4.10. The second kappa shape index (κ2) is 9.11. The number of amides is 3. The first-order valence-electron chi connectivity index (χ1n) is 10.7. The van der Waals surface area contributed by atoms with E-state index in [1.165, 1.54) is 12.8 Å². The minimum absolute atomic E-state index is 0.0631. The van der Waals surface area contributed by atoms with E-state index in [9.17, 15) is 14.4 Å². The van der Waals surface area contributed by atoms with Gasteiger partial charge in [0.05, 0.1) is 0 Å². The topological polar surface area (TPSA) is 78.5 Å². The largest absolute Gasteiger partial charge is 0.349 e. The lowest BCUT2D eigenvalue weighted by atomic mass is 10.1. The summed E-state index contributed by atoms with van der Waals surface area (Å²) in [7, 11) is 0. The van der Waals surface area contributed by atoms with E-state index in [0.717, 1.165) is 31.4 Å². The molecule has 1 heterocycles. The van der Waals surface area contributed by atoms with Crippen LogP contribution in [0.15, 0.2) is 48.5 Å². The highest BCUT2D eigenvalue weighted by atomic mass is 16.2. The highest BCUT2D eigenvalue weighted by Gasteiger charge is 2.20. The van der Waals surface area contributed by atoms with Gasteiger partial charge in [-0.3, -0.25) is 14.4 Å². The van der Waals surface area contributed by atoms with Crippen molar-refractivity contribution in [3.05, 3.63) is 65.2 Å². The molecule has 1 aliphatic heterocycles. The van der Waals surface area contributed by atoms with Crippen LogP contribution in [0.25, 0.3) is 0 Å². The van der Waals surface area contributed by atoms with Gasteiger partial charge in [0, 0.05) is 42.4 Å². The minimum Gasteiger partial charge on any atom is -0.349 e. The molecule has 2 aromatic rings. The van der Waals surface area contributed by atoms with Crippen LogP contribution >= 0.6 is 0 Å². The second-order valence-corrected chi connectivity index (χ2v) is 8.10. The average molecular weight is 405 g/mol. The summed E-state index contributed by atoms with van der Waals surface area (Å²) in [4.78, 5) is 38.4. The fraction of sp³-hybridized carbons (Fsp3) is 0.375. The molecule has 0 unspecified atom stereocenters. The molecule has 0 bridgehead atoms. The first-order valence-corrected chi connectivity index (χ1v) is 10.7. The lowest BCUT2D eigenvalue weighted by Crippen LogP contribution is -2.32. The van der Waals surface area contributed by atoms with Gasteiger partial charge in [-0.1, -0.05) is 25.0 Å². The lowest BCUT2D eigenvalue weighted by Gasteiger charge is -2.15. The van der Waals surface area contributed by atoms with Gasteiger partial charge in [0.2, 0.25) is 5.91 Å². The number of rotatable bonds is 6. The Morgan fingerprint density at radius 3 is 2.13 bits per heavy atom. The Hall–Kier alpha value is -3.15. The number of nitrogens with zero attached hydrogens (tertiary/aromatic N) is 1. The molecular weight excluding hydrogens is 378 g/mol. The maximum absolute atomic E-state index is 12.5. The second-order valence-electron chi connectivity index (χ2n) is 8.10. The average Bonchev–Trinajstić information content (AvgIpc) is 3.41. The van der Waals surface area contributed by atoms with E-state index in [4.69, 9.17) is 0 Å². The number of carbonyl (C=O) groups excluding carboxylic acids is 3. The van der Waals surface area contributed by atoms with Crippen LogP contribution in [-0.2, 0) is 11.3 Å². The molecule has 2 fully saturated rings. The molecule has 2 aliphatic rings. The predicted molar refractivity (Wildman–Crippen MR) is 115 cm³/mol. The van der Waals surface area contributed by atoms with E-state index in [2.05, 4.69) is 10.6 Å². The van der Waals surface area contributed by atoms with Crippen LogP contribution in [0.4, 0.5) is 5.69 Å². The van der Waals surface area contributed by atoms with Crippen LogP contribution < -0.4 is 10.6 Å². The number of benzene rings is 2. The highest BCUT2D eigenvalue weighted by molar-refractivity contribution is 6.04. The molecule has 0 aromatic heterocycles. The van der Waals surface area contributed by atoms with Gasteiger partial charge in [-0.25, -0.2) is 0 Å². The first kappa shape index (κ1) is 20.1. The third-order valence-electron chi connectivity index (χ3n) is 5.86. The van der Waals surface area contributed by atoms with Gasteiger partial charge in [0.1, 0.15) is 0 Å². The zero-order valence-electron chi connectivity index (χ0n) is 17.0. The minimum atomic E-state index is -0.207. The first-order chi connectivity index (χ1) is 14.6. The van der Waals surface area contributed by atoms with E-state index < -0.39 is 0 Å². The van der Waals surface area contributed by atoms with Crippen molar-refractivity contribution >= 4 is 23.4 Å². The molecular formula is C24H27N3O3. The Kier molecular flexibility index (Phi) is 6.12. The van der Waals surface area contributed by atoms with Gasteiger partial charge in [0.15, 0.2) is 0 Å². The maximum atomic E-state index is 12.5. The predicted octanol–water partition coefficient (Wildman–Crippen LogP) is 3.73. The van der Waals surface area contributed by atoms with Crippen molar-refractivity contribution in [3.8, 4) is 0 Å². The van der Waals surface area contributed by atoms with Crippen molar-refractivity contribution in [1.29, 1.82) is 0 Å². The maximum Gasteiger partial charge on any atom is 0.255 e. The lowest BCUT2D eigenvalue weighted by molar-refractivity contribution is -0.128. The van der Waals surface area contributed by atoms with Crippen LogP contribution in [0, 0.1) is 0 Å². The Morgan fingerprint density at radius 1 is 0.867 bits per heavy atom. The summed E-state index contributed by atoms with van der Waals surface area (Å²) in [6, 6.07) is 14.6. The smallest absolute Gasteiger partial charge is 0.255 e. The van der Waals surface area contributed by atoms with Crippen molar-refractivity contribution in [2.45, 2.75) is 51.1 Å². The van der Waals surface area contributed by atoms with Crippen molar-refractivity contribution < 1.29 is 14.4 Å². The summed E-state index contributed by atoms with van der Waals surface area (Å²) < 4.78 is 0. The van der Waals surface area contributed by atoms with Crippen molar-refractivity contribution in [2.75, 3.05) is 11.9 Å². The molecule has 0 radical (unpaired) electrons. The van der Waals surface area contributed by atoms with Crippen LogP contribution in [0.5, 0.6) is 0 Å². The molecule has 1 saturated carbocycles. The molecule has 6 heteroatoms. The number of likely N-dealkylation sites (tertiary alicyclic amines) is 1. The summed E-state index contributed by atoms with van der Waals surface area (Å²) >= 11 is 0. The third kappa shape index (κ3) is 4.87. The van der Waals surface area contributed by atoms with Crippen LogP contribution in [0.2, 0.25) is 0 Å². The molecule has 6 nitrogen and oxygen atoms in total. The Labute approximate surface area is 176 Å². The van der Waals surface area contributed by atoms with Gasteiger partial charge in [-0.2, -0.15) is 0 Å². The monoisotopic (exact) mass is 405 g/mol. The van der Waals surface area contributed by atoms with E-state index in [-0.39, 0.29) is 23.8 Å². The van der Waals surface area contributed by atoms with Crippen molar-refractivity contribution in [3.63, 3.8) is 0 Å². The zero-order chi connectivity index (χ0) is 20.9. The number of carbonyl (C=O) groups is 3. The van der Waals surface area contributed by atoms with Crippen molar-refractivity contribution in [2.24, 2.45) is 0 Å². The summed E-state index contributed by atoms with van der Waals surface area (Å²) in [5.41, 5.74) is 2.80. The van der Waals surface area contributed by atoms with E-state index in [1.54, 1.807) is 36.4 Å². The zero-order valence-corrected chi connectivity index (χ0v) is 17.0. The molecule has 2 aromatic carbocycles.